The molecule has 0 bridgehead atoms. The lowest BCUT2D eigenvalue weighted by atomic mass is 9.72. The van der Waals surface area contributed by atoms with Crippen LogP contribution in [-0.2, 0) is 16.0 Å². The van der Waals surface area contributed by atoms with Gasteiger partial charge in [-0.2, -0.15) is 5.10 Å². The molecule has 2 saturated heterocycles. The summed E-state index contributed by atoms with van der Waals surface area (Å²) < 4.78 is 0. The van der Waals surface area contributed by atoms with Gasteiger partial charge in [0.05, 0.1) is 6.54 Å². The molecular weight excluding hydrogens is 334 g/mol. The Labute approximate surface area is 153 Å². The number of rotatable bonds is 5. The van der Waals surface area contributed by atoms with E-state index in [1.165, 1.54) is 0 Å². The second-order valence-corrected chi connectivity index (χ2v) is 7.54. The first-order chi connectivity index (χ1) is 12.4. The summed E-state index contributed by atoms with van der Waals surface area (Å²) in [5, 5.41) is 7.08. The maximum atomic E-state index is 12.7. The number of hydrogen-bond acceptors (Lipinski definition) is 4. The highest BCUT2D eigenvalue weighted by molar-refractivity contribution is 5.92. The molecule has 2 aliphatic heterocycles. The second kappa shape index (κ2) is 7.47. The maximum Gasteiger partial charge on any atom is 0.274 e. The summed E-state index contributed by atoms with van der Waals surface area (Å²) in [6.45, 7) is 3.92. The Kier molecular flexibility index (Phi) is 5.29. The van der Waals surface area contributed by atoms with Crippen LogP contribution in [-0.4, -0.2) is 63.9 Å². The van der Waals surface area contributed by atoms with Crippen LogP contribution in [0.15, 0.2) is 6.07 Å². The number of piperidine rings is 2. The summed E-state index contributed by atoms with van der Waals surface area (Å²) >= 11 is 0. The standard InChI is InChI=1S/C18H27N5O3/c1-2-3-13-10-14(21-20-13)17(26)22-8-6-18(7-9-22)5-4-16(25)23(12-18)11-15(19)24/h10H,2-9,11-12H2,1H3,(H2,19,24)(H,20,21). The number of aryl methyl sites for hydroxylation is 1. The van der Waals surface area contributed by atoms with Crippen LogP contribution in [0.1, 0.15) is 55.2 Å². The van der Waals surface area contributed by atoms with Crippen molar-refractivity contribution in [1.82, 2.24) is 20.0 Å². The van der Waals surface area contributed by atoms with Crippen molar-refractivity contribution >= 4 is 17.7 Å². The molecule has 0 radical (unpaired) electrons. The van der Waals surface area contributed by atoms with Gasteiger partial charge in [0.25, 0.3) is 5.91 Å². The van der Waals surface area contributed by atoms with E-state index in [9.17, 15) is 14.4 Å². The van der Waals surface area contributed by atoms with E-state index in [1.807, 2.05) is 11.0 Å². The largest absolute Gasteiger partial charge is 0.368 e. The fourth-order valence-corrected chi connectivity index (χ4v) is 4.06. The molecule has 3 N–H and O–H groups in total. The summed E-state index contributed by atoms with van der Waals surface area (Å²) in [4.78, 5) is 39.3. The fraction of sp³-hybridized carbons (Fsp3) is 0.667. The molecule has 26 heavy (non-hydrogen) atoms. The van der Waals surface area contributed by atoms with Gasteiger partial charge in [-0.05, 0) is 37.2 Å². The number of nitrogens with zero attached hydrogens (tertiary/aromatic N) is 3. The van der Waals surface area contributed by atoms with Crippen molar-refractivity contribution < 1.29 is 14.4 Å². The molecule has 0 saturated carbocycles. The number of carbonyl (C=O) groups excluding carboxylic acids is 3. The summed E-state index contributed by atoms with van der Waals surface area (Å²) in [6.07, 6.45) is 4.80. The van der Waals surface area contributed by atoms with Crippen LogP contribution in [0.25, 0.3) is 0 Å². The van der Waals surface area contributed by atoms with Gasteiger partial charge in [-0.3, -0.25) is 19.5 Å². The molecule has 8 heteroatoms. The third kappa shape index (κ3) is 3.89. The van der Waals surface area contributed by atoms with Crippen LogP contribution in [0.4, 0.5) is 0 Å². The fourth-order valence-electron chi connectivity index (χ4n) is 4.06. The Morgan fingerprint density at radius 1 is 1.31 bits per heavy atom. The SMILES string of the molecule is CCCc1cc(C(=O)N2CCC3(CCC(=O)N(CC(N)=O)C3)CC2)n[nH]1. The molecule has 3 rings (SSSR count). The Balaban J connectivity index is 1.60. The number of likely N-dealkylation sites (tertiary alicyclic amines) is 2. The average Bonchev–Trinajstić information content (AvgIpc) is 3.07. The van der Waals surface area contributed by atoms with Gasteiger partial charge in [-0.15, -0.1) is 0 Å². The Hall–Kier alpha value is -2.38. The summed E-state index contributed by atoms with van der Waals surface area (Å²) in [5.41, 5.74) is 6.70. The van der Waals surface area contributed by atoms with E-state index in [4.69, 9.17) is 5.73 Å². The van der Waals surface area contributed by atoms with Crippen molar-refractivity contribution in [3.8, 4) is 0 Å². The van der Waals surface area contributed by atoms with Crippen LogP contribution in [0.2, 0.25) is 0 Å². The monoisotopic (exact) mass is 361 g/mol. The number of aromatic nitrogens is 2. The zero-order valence-electron chi connectivity index (χ0n) is 15.3. The maximum absolute atomic E-state index is 12.7. The lowest BCUT2D eigenvalue weighted by Gasteiger charge is -2.47. The first kappa shape index (κ1) is 18.4. The highest BCUT2D eigenvalue weighted by atomic mass is 16.2. The van der Waals surface area contributed by atoms with Crippen molar-refractivity contribution in [2.24, 2.45) is 11.1 Å². The molecule has 0 aromatic carbocycles. The third-order valence-corrected chi connectivity index (χ3v) is 5.58. The van der Waals surface area contributed by atoms with Gasteiger partial charge in [0.15, 0.2) is 0 Å². The number of primary amides is 1. The molecule has 3 amide bonds. The predicted octanol–water partition coefficient (Wildman–Crippen LogP) is 0.692. The van der Waals surface area contributed by atoms with E-state index in [-0.39, 0.29) is 23.8 Å². The van der Waals surface area contributed by atoms with Crippen LogP contribution >= 0.6 is 0 Å². The van der Waals surface area contributed by atoms with Gasteiger partial charge in [0.2, 0.25) is 11.8 Å². The van der Waals surface area contributed by atoms with Crippen LogP contribution in [0.3, 0.4) is 0 Å². The van der Waals surface area contributed by atoms with Gasteiger partial charge in [0, 0.05) is 31.7 Å². The Morgan fingerprint density at radius 2 is 2.04 bits per heavy atom. The smallest absolute Gasteiger partial charge is 0.274 e. The van der Waals surface area contributed by atoms with Crippen molar-refractivity contribution in [3.05, 3.63) is 17.5 Å². The number of H-pyrrole nitrogens is 1. The molecule has 0 aliphatic carbocycles. The lowest BCUT2D eigenvalue weighted by Crippen LogP contribution is -2.53. The van der Waals surface area contributed by atoms with Crippen LogP contribution < -0.4 is 5.73 Å². The van der Waals surface area contributed by atoms with Gasteiger partial charge in [0.1, 0.15) is 5.69 Å². The molecule has 1 aromatic rings. The summed E-state index contributed by atoms with van der Waals surface area (Å²) in [6, 6.07) is 1.84. The second-order valence-electron chi connectivity index (χ2n) is 7.54. The summed E-state index contributed by atoms with van der Waals surface area (Å²) in [7, 11) is 0. The van der Waals surface area contributed by atoms with Crippen molar-refractivity contribution in [2.75, 3.05) is 26.2 Å². The van der Waals surface area contributed by atoms with Crippen molar-refractivity contribution in [2.45, 2.75) is 45.4 Å². The minimum atomic E-state index is -0.482. The number of amides is 3. The topological polar surface area (TPSA) is 112 Å². The molecule has 8 nitrogen and oxygen atoms in total. The molecule has 1 aromatic heterocycles. The normalized spacial score (nSPS) is 19.8. The van der Waals surface area contributed by atoms with Crippen molar-refractivity contribution in [1.29, 1.82) is 0 Å². The molecule has 2 aliphatic rings. The molecule has 1 spiro atoms. The first-order valence-electron chi connectivity index (χ1n) is 9.32. The molecular formula is C18H27N5O3. The van der Waals surface area contributed by atoms with E-state index in [0.29, 0.717) is 31.7 Å². The number of nitrogens with one attached hydrogen (secondary N) is 1. The van der Waals surface area contributed by atoms with E-state index in [0.717, 1.165) is 37.8 Å². The molecule has 0 unspecified atom stereocenters. The van der Waals surface area contributed by atoms with E-state index >= 15 is 0 Å². The van der Waals surface area contributed by atoms with Gasteiger partial charge in [-0.25, -0.2) is 0 Å². The lowest BCUT2D eigenvalue weighted by molar-refractivity contribution is -0.142. The minimum Gasteiger partial charge on any atom is -0.368 e. The van der Waals surface area contributed by atoms with Gasteiger partial charge < -0.3 is 15.5 Å². The minimum absolute atomic E-state index is 0.00657. The van der Waals surface area contributed by atoms with Crippen LogP contribution in [0.5, 0.6) is 0 Å². The number of aromatic amines is 1. The number of hydrogen-bond donors (Lipinski definition) is 2. The van der Waals surface area contributed by atoms with E-state index in [2.05, 4.69) is 17.1 Å². The molecule has 0 atom stereocenters. The van der Waals surface area contributed by atoms with Gasteiger partial charge in [-0.1, -0.05) is 13.3 Å². The Bertz CT molecular complexity index is 691. The zero-order valence-corrected chi connectivity index (χ0v) is 15.3. The number of nitrogens with two attached hydrogens (primary N) is 1. The molecule has 2 fully saturated rings. The zero-order chi connectivity index (χ0) is 18.7. The highest BCUT2D eigenvalue weighted by Crippen LogP contribution is 2.40. The van der Waals surface area contributed by atoms with Gasteiger partial charge >= 0.3 is 0 Å². The predicted molar refractivity (Wildman–Crippen MR) is 95.2 cm³/mol. The highest BCUT2D eigenvalue weighted by Gasteiger charge is 2.42. The molecule has 142 valence electrons. The quantitative estimate of drug-likeness (QED) is 0.803. The van der Waals surface area contributed by atoms with E-state index < -0.39 is 5.91 Å². The molecule has 3 heterocycles. The number of carbonyl (C=O) groups is 3. The third-order valence-electron chi connectivity index (χ3n) is 5.58. The average molecular weight is 361 g/mol. The Morgan fingerprint density at radius 3 is 2.69 bits per heavy atom. The van der Waals surface area contributed by atoms with Crippen molar-refractivity contribution in [3.63, 3.8) is 0 Å². The summed E-state index contributed by atoms with van der Waals surface area (Å²) in [5.74, 6) is -0.531. The first-order valence-corrected chi connectivity index (χ1v) is 9.32. The van der Waals surface area contributed by atoms with E-state index in [1.54, 1.807) is 4.90 Å². The van der Waals surface area contributed by atoms with Crippen LogP contribution in [0, 0.1) is 5.41 Å².